The summed E-state index contributed by atoms with van der Waals surface area (Å²) in [5, 5.41) is 0. The summed E-state index contributed by atoms with van der Waals surface area (Å²) >= 11 is 25.6. The zero-order valence-electron chi connectivity index (χ0n) is 13.1. The van der Waals surface area contributed by atoms with Gasteiger partial charge in [-0.05, 0) is 23.0 Å². The monoisotopic (exact) mass is 474 g/mol. The zero-order valence-corrected chi connectivity index (χ0v) is 21.4. The van der Waals surface area contributed by atoms with Crippen molar-refractivity contribution in [3.63, 3.8) is 0 Å². The first-order valence-corrected chi connectivity index (χ1v) is 14.1. The van der Waals surface area contributed by atoms with E-state index in [9.17, 15) is 0 Å². The Morgan fingerprint density at radius 2 is 0.727 bits per heavy atom. The second-order valence-electron chi connectivity index (χ2n) is 4.60. The van der Waals surface area contributed by atoms with Gasteiger partial charge in [0.05, 0.1) is 0 Å². The van der Waals surface area contributed by atoms with Crippen LogP contribution in [0.15, 0.2) is 0 Å². The molecule has 0 fully saturated rings. The van der Waals surface area contributed by atoms with Gasteiger partial charge in [0, 0.05) is 51.4 Å². The second kappa shape index (κ2) is 20.5. The van der Waals surface area contributed by atoms with Crippen molar-refractivity contribution >= 4 is 107 Å². The molecule has 136 valence electrons. The molecule has 0 aromatic heterocycles. The molecule has 1 unspecified atom stereocenters. The summed E-state index contributed by atoms with van der Waals surface area (Å²) in [6.45, 7) is 0. The van der Waals surface area contributed by atoms with Gasteiger partial charge in [-0.3, -0.25) is 0 Å². The Hall–Kier alpha value is 3.23. The van der Waals surface area contributed by atoms with Crippen LogP contribution in [0.4, 0.5) is 0 Å². The molecule has 0 N–H and O–H groups in total. The molecule has 0 radical (unpaired) electrons. The molecule has 0 aromatic rings. The molecule has 0 bridgehead atoms. The SMILES string of the molecule is P.SCCSCC(CSCCS)(CSCCS)CSCCS. The van der Waals surface area contributed by atoms with Gasteiger partial charge in [0.25, 0.3) is 0 Å². The summed E-state index contributed by atoms with van der Waals surface area (Å²) in [6.07, 6.45) is 0. The van der Waals surface area contributed by atoms with Gasteiger partial charge in [-0.25, -0.2) is 0 Å². The molecule has 0 rings (SSSR count). The first kappa shape index (κ1) is 27.4. The maximum Gasteiger partial charge on any atom is 0.00650 e. The van der Waals surface area contributed by atoms with E-state index in [1.165, 1.54) is 23.0 Å². The fourth-order valence-corrected chi connectivity index (χ4v) is 8.04. The molecule has 0 aliphatic rings. The molecule has 0 aliphatic carbocycles. The van der Waals surface area contributed by atoms with Crippen molar-refractivity contribution in [1.82, 2.24) is 0 Å². The van der Waals surface area contributed by atoms with Gasteiger partial charge in [-0.15, -0.1) is 0 Å². The van der Waals surface area contributed by atoms with Crippen LogP contribution in [-0.4, -0.2) is 69.0 Å². The van der Waals surface area contributed by atoms with Crippen molar-refractivity contribution < 1.29 is 0 Å². The summed E-state index contributed by atoms with van der Waals surface area (Å²) in [5.74, 6) is 13.4. The van der Waals surface area contributed by atoms with Crippen molar-refractivity contribution in [3.05, 3.63) is 0 Å². The Labute approximate surface area is 180 Å². The Morgan fingerprint density at radius 1 is 0.500 bits per heavy atom. The summed E-state index contributed by atoms with van der Waals surface area (Å²) in [7, 11) is 0. The van der Waals surface area contributed by atoms with Gasteiger partial charge >= 0.3 is 0 Å². The third kappa shape index (κ3) is 15.5. The van der Waals surface area contributed by atoms with Crippen molar-refractivity contribution in [1.29, 1.82) is 0 Å². The normalized spacial score (nSPS) is 11.5. The smallest absolute Gasteiger partial charge is 0.00650 e. The minimum absolute atomic E-state index is 0. The molecule has 0 saturated carbocycles. The summed E-state index contributed by atoms with van der Waals surface area (Å²) < 4.78 is 0. The number of hydrogen-bond acceptors (Lipinski definition) is 8. The van der Waals surface area contributed by atoms with Gasteiger partial charge in [-0.1, -0.05) is 0 Å². The van der Waals surface area contributed by atoms with Crippen LogP contribution < -0.4 is 0 Å². The minimum Gasteiger partial charge on any atom is -0.179 e. The van der Waals surface area contributed by atoms with Crippen LogP contribution in [0.25, 0.3) is 0 Å². The predicted molar refractivity (Wildman–Crippen MR) is 138 cm³/mol. The maximum atomic E-state index is 4.34. The molecule has 0 spiro atoms. The molecule has 1 atom stereocenters. The lowest BCUT2D eigenvalue weighted by Crippen LogP contribution is -2.34. The lowest BCUT2D eigenvalue weighted by atomic mass is 9.99. The molecular weight excluding hydrogens is 444 g/mol. The number of rotatable bonds is 16. The number of thiol groups is 4. The molecule has 0 heterocycles. The van der Waals surface area contributed by atoms with E-state index in [1.54, 1.807) is 0 Å². The highest BCUT2D eigenvalue weighted by molar-refractivity contribution is 8.02. The third-order valence-electron chi connectivity index (χ3n) is 2.58. The first-order valence-electron chi connectivity index (χ1n) is 6.99. The fourth-order valence-electron chi connectivity index (χ4n) is 1.66. The molecule has 0 aromatic carbocycles. The van der Waals surface area contributed by atoms with Crippen molar-refractivity contribution in [2.75, 3.05) is 69.0 Å². The van der Waals surface area contributed by atoms with Crippen LogP contribution >= 0.6 is 107 Å². The van der Waals surface area contributed by atoms with Crippen LogP contribution in [0, 0.1) is 5.41 Å². The van der Waals surface area contributed by atoms with Crippen LogP contribution in [0.2, 0.25) is 0 Å². The molecule has 0 aliphatic heterocycles. The van der Waals surface area contributed by atoms with E-state index < -0.39 is 0 Å². The fraction of sp³-hybridized carbons (Fsp3) is 1.00. The van der Waals surface area contributed by atoms with Crippen LogP contribution in [0.3, 0.4) is 0 Å². The van der Waals surface area contributed by atoms with E-state index >= 15 is 0 Å². The molecule has 9 heteroatoms. The van der Waals surface area contributed by atoms with Crippen molar-refractivity contribution in [2.45, 2.75) is 0 Å². The summed E-state index contributed by atoms with van der Waals surface area (Å²) in [6, 6.07) is 0. The minimum atomic E-state index is 0. The highest BCUT2D eigenvalue weighted by Gasteiger charge is 2.30. The molecule has 0 nitrogen and oxygen atoms in total. The Bertz CT molecular complexity index is 175. The molecule has 22 heavy (non-hydrogen) atoms. The van der Waals surface area contributed by atoms with Crippen molar-refractivity contribution in [2.24, 2.45) is 5.41 Å². The largest absolute Gasteiger partial charge is 0.179 e. The molecular formula is C13H31PS8. The highest BCUT2D eigenvalue weighted by Crippen LogP contribution is 2.35. The molecule has 0 saturated heterocycles. The van der Waals surface area contributed by atoms with Gasteiger partial charge in [0.15, 0.2) is 0 Å². The Morgan fingerprint density at radius 3 is 0.909 bits per heavy atom. The quantitative estimate of drug-likeness (QED) is 0.146. The molecule has 0 amide bonds. The average molecular weight is 475 g/mol. The van der Waals surface area contributed by atoms with E-state index in [4.69, 9.17) is 0 Å². The zero-order chi connectivity index (χ0) is 15.8. The van der Waals surface area contributed by atoms with E-state index in [1.807, 2.05) is 0 Å². The highest BCUT2D eigenvalue weighted by atomic mass is 32.2. The predicted octanol–water partition coefficient (Wildman–Crippen LogP) is 4.68. The van der Waals surface area contributed by atoms with Crippen LogP contribution in [-0.2, 0) is 0 Å². The van der Waals surface area contributed by atoms with Crippen LogP contribution in [0.1, 0.15) is 0 Å². The van der Waals surface area contributed by atoms with Gasteiger partial charge in [-0.2, -0.15) is 107 Å². The lowest BCUT2D eigenvalue weighted by molar-refractivity contribution is 0.516. The van der Waals surface area contributed by atoms with E-state index in [0.29, 0.717) is 5.41 Å². The van der Waals surface area contributed by atoms with E-state index in [0.717, 1.165) is 46.0 Å². The topological polar surface area (TPSA) is 0 Å². The van der Waals surface area contributed by atoms with Crippen LogP contribution in [0.5, 0.6) is 0 Å². The average Bonchev–Trinajstić information content (AvgIpc) is 2.48. The Balaban J connectivity index is 0. The van der Waals surface area contributed by atoms with E-state index in [2.05, 4.69) is 97.6 Å². The third-order valence-corrected chi connectivity index (χ3v) is 9.92. The first-order chi connectivity index (χ1) is 10.2. The van der Waals surface area contributed by atoms with E-state index in [-0.39, 0.29) is 9.90 Å². The lowest BCUT2D eigenvalue weighted by Gasteiger charge is -2.33. The second-order valence-corrected chi connectivity index (χ2v) is 10.8. The van der Waals surface area contributed by atoms with Crippen molar-refractivity contribution in [3.8, 4) is 0 Å². The van der Waals surface area contributed by atoms with Gasteiger partial charge < -0.3 is 0 Å². The van der Waals surface area contributed by atoms with Gasteiger partial charge in [0.1, 0.15) is 0 Å². The standard InChI is InChI=1S/C13H28S8.H3P/c14-1-5-18-9-13(10-19-6-2-15,11-20-7-3-16)12-21-8-4-17;/h14-17H,1-12H2;1H3. The maximum absolute atomic E-state index is 4.34. The number of thioether (sulfide) groups is 4. The summed E-state index contributed by atoms with van der Waals surface area (Å²) in [5.41, 5.74) is 0.419. The van der Waals surface area contributed by atoms with Gasteiger partial charge in [0.2, 0.25) is 0 Å². The number of hydrogen-bond donors (Lipinski definition) is 4. The summed E-state index contributed by atoms with van der Waals surface area (Å²) in [4.78, 5) is 0. The Kier molecular flexibility index (Phi) is 25.6.